The minimum absolute atomic E-state index is 0.251. The molecule has 1 aliphatic carbocycles. The Kier molecular flexibility index (Phi) is 4.38. The third kappa shape index (κ3) is 4.37. The van der Waals surface area contributed by atoms with E-state index < -0.39 is 0 Å². The predicted octanol–water partition coefficient (Wildman–Crippen LogP) is 2.83. The highest BCUT2D eigenvalue weighted by atomic mass is 32.1. The lowest BCUT2D eigenvalue weighted by Gasteiger charge is -2.30. The van der Waals surface area contributed by atoms with Gasteiger partial charge in [0.2, 0.25) is 0 Å². The van der Waals surface area contributed by atoms with Gasteiger partial charge >= 0.3 is 0 Å². The van der Waals surface area contributed by atoms with E-state index in [1.54, 1.807) is 0 Å². The molecule has 1 saturated carbocycles. The second-order valence-electron chi connectivity index (χ2n) is 5.69. The third-order valence-electron chi connectivity index (χ3n) is 3.34. The smallest absolute Gasteiger partial charge is 0.166 e. The molecule has 0 spiro atoms. The maximum absolute atomic E-state index is 5.31. The Labute approximate surface area is 99.2 Å². The monoisotopic (exact) mass is 228 g/mol. The van der Waals surface area contributed by atoms with Crippen molar-refractivity contribution >= 4 is 17.3 Å². The van der Waals surface area contributed by atoms with Crippen molar-refractivity contribution in [2.24, 2.45) is 5.41 Å². The van der Waals surface area contributed by atoms with Crippen LogP contribution in [0.25, 0.3) is 0 Å². The minimum atomic E-state index is 0.251. The van der Waals surface area contributed by atoms with Crippen LogP contribution in [-0.4, -0.2) is 17.2 Å². The van der Waals surface area contributed by atoms with Crippen molar-refractivity contribution in [3.8, 4) is 0 Å². The lowest BCUT2D eigenvalue weighted by Crippen LogP contribution is -2.48. The van der Waals surface area contributed by atoms with E-state index in [2.05, 4.69) is 38.3 Å². The molecule has 0 aliphatic heterocycles. The summed E-state index contributed by atoms with van der Waals surface area (Å²) in [6, 6.07) is 1.01. The molecule has 3 heteroatoms. The molecule has 1 unspecified atom stereocenters. The fourth-order valence-corrected chi connectivity index (χ4v) is 2.05. The summed E-state index contributed by atoms with van der Waals surface area (Å²) in [5, 5.41) is 7.59. The molecule has 0 aromatic rings. The molecule has 0 saturated heterocycles. The Hall–Kier alpha value is -0.310. The maximum atomic E-state index is 5.31. The summed E-state index contributed by atoms with van der Waals surface area (Å²) in [6.07, 6.45) is 5.22. The first-order valence-electron chi connectivity index (χ1n) is 5.96. The largest absolute Gasteiger partial charge is 0.360 e. The molecule has 1 aliphatic rings. The number of hydrogen-bond acceptors (Lipinski definition) is 1. The molecule has 1 fully saturated rings. The standard InChI is InChI=1S/C12H24N2S/c1-9(12(2,3)4)13-11(15)14-10-7-5-6-8-10/h9-10H,5-8H2,1-4H3,(H2,13,14,15). The SMILES string of the molecule is CC(NC(=S)NC1CCCC1)C(C)(C)C. The Balaban J connectivity index is 2.29. The summed E-state index contributed by atoms with van der Waals surface area (Å²) in [5.41, 5.74) is 0.251. The van der Waals surface area contributed by atoms with Gasteiger partial charge in [0.15, 0.2) is 5.11 Å². The number of nitrogens with one attached hydrogen (secondary N) is 2. The van der Waals surface area contributed by atoms with Crippen molar-refractivity contribution in [2.45, 2.75) is 65.5 Å². The molecule has 0 heterocycles. The van der Waals surface area contributed by atoms with Crippen LogP contribution in [-0.2, 0) is 0 Å². The molecule has 0 bridgehead atoms. The Morgan fingerprint density at radius 3 is 2.27 bits per heavy atom. The summed E-state index contributed by atoms with van der Waals surface area (Å²) in [6.45, 7) is 8.86. The van der Waals surface area contributed by atoms with Gasteiger partial charge in [-0.3, -0.25) is 0 Å². The van der Waals surface area contributed by atoms with Crippen molar-refractivity contribution in [3.05, 3.63) is 0 Å². The Bertz CT molecular complexity index is 214. The van der Waals surface area contributed by atoms with E-state index in [9.17, 15) is 0 Å². The van der Waals surface area contributed by atoms with E-state index in [1.807, 2.05) is 0 Å². The van der Waals surface area contributed by atoms with Crippen molar-refractivity contribution in [3.63, 3.8) is 0 Å². The van der Waals surface area contributed by atoms with Gasteiger partial charge in [-0.2, -0.15) is 0 Å². The van der Waals surface area contributed by atoms with Crippen LogP contribution in [0.2, 0.25) is 0 Å². The highest BCUT2D eigenvalue weighted by molar-refractivity contribution is 7.80. The van der Waals surface area contributed by atoms with Gasteiger partial charge in [-0.15, -0.1) is 0 Å². The zero-order valence-corrected chi connectivity index (χ0v) is 11.2. The highest BCUT2D eigenvalue weighted by Crippen LogP contribution is 2.19. The first kappa shape index (κ1) is 12.8. The van der Waals surface area contributed by atoms with Crippen molar-refractivity contribution < 1.29 is 0 Å². The summed E-state index contributed by atoms with van der Waals surface area (Å²) in [4.78, 5) is 0. The Morgan fingerprint density at radius 1 is 1.27 bits per heavy atom. The molecule has 2 N–H and O–H groups in total. The van der Waals surface area contributed by atoms with Crippen LogP contribution in [0.4, 0.5) is 0 Å². The van der Waals surface area contributed by atoms with Crippen molar-refractivity contribution in [1.82, 2.24) is 10.6 Å². The van der Waals surface area contributed by atoms with Crippen LogP contribution >= 0.6 is 12.2 Å². The van der Waals surface area contributed by atoms with Gasteiger partial charge in [0, 0.05) is 12.1 Å². The summed E-state index contributed by atoms with van der Waals surface area (Å²) >= 11 is 5.31. The third-order valence-corrected chi connectivity index (χ3v) is 3.57. The van der Waals surface area contributed by atoms with Gasteiger partial charge in [-0.25, -0.2) is 0 Å². The first-order chi connectivity index (χ1) is 6.89. The van der Waals surface area contributed by atoms with E-state index in [0.29, 0.717) is 12.1 Å². The lowest BCUT2D eigenvalue weighted by molar-refractivity contribution is 0.314. The molecule has 0 aromatic heterocycles. The van der Waals surface area contributed by atoms with Gasteiger partial charge in [0.1, 0.15) is 0 Å². The average Bonchev–Trinajstić information content (AvgIpc) is 2.54. The van der Waals surface area contributed by atoms with E-state index >= 15 is 0 Å². The normalized spacial score (nSPS) is 20.0. The van der Waals surface area contributed by atoms with Gasteiger partial charge < -0.3 is 10.6 Å². The van der Waals surface area contributed by atoms with Crippen LogP contribution in [0.5, 0.6) is 0 Å². The van der Waals surface area contributed by atoms with Crippen LogP contribution in [0.1, 0.15) is 53.4 Å². The van der Waals surface area contributed by atoms with Crippen molar-refractivity contribution in [1.29, 1.82) is 0 Å². The summed E-state index contributed by atoms with van der Waals surface area (Å²) in [7, 11) is 0. The Morgan fingerprint density at radius 2 is 1.80 bits per heavy atom. The zero-order valence-electron chi connectivity index (χ0n) is 10.4. The number of hydrogen-bond donors (Lipinski definition) is 2. The van der Waals surface area contributed by atoms with Crippen LogP contribution in [0, 0.1) is 5.41 Å². The van der Waals surface area contributed by atoms with E-state index in [1.165, 1.54) is 25.7 Å². The molecule has 15 heavy (non-hydrogen) atoms. The predicted molar refractivity (Wildman–Crippen MR) is 70.0 cm³/mol. The number of thiocarbonyl (C=S) groups is 1. The van der Waals surface area contributed by atoms with E-state index in [-0.39, 0.29) is 5.41 Å². The second kappa shape index (κ2) is 5.15. The van der Waals surface area contributed by atoms with E-state index in [0.717, 1.165) is 5.11 Å². The topological polar surface area (TPSA) is 24.1 Å². The minimum Gasteiger partial charge on any atom is -0.360 e. The van der Waals surface area contributed by atoms with Crippen LogP contribution < -0.4 is 10.6 Å². The van der Waals surface area contributed by atoms with Gasteiger partial charge in [-0.05, 0) is 37.4 Å². The van der Waals surface area contributed by atoms with E-state index in [4.69, 9.17) is 12.2 Å². The van der Waals surface area contributed by atoms with Gasteiger partial charge in [0.05, 0.1) is 0 Å². The average molecular weight is 228 g/mol. The first-order valence-corrected chi connectivity index (χ1v) is 6.37. The fourth-order valence-electron chi connectivity index (χ4n) is 1.71. The van der Waals surface area contributed by atoms with Crippen LogP contribution in [0.15, 0.2) is 0 Å². The van der Waals surface area contributed by atoms with Crippen molar-refractivity contribution in [2.75, 3.05) is 0 Å². The molecule has 0 amide bonds. The molecule has 0 aromatic carbocycles. The van der Waals surface area contributed by atoms with Gasteiger partial charge in [0.25, 0.3) is 0 Å². The molecule has 88 valence electrons. The fraction of sp³-hybridized carbons (Fsp3) is 0.917. The molecule has 2 nitrogen and oxygen atoms in total. The lowest BCUT2D eigenvalue weighted by atomic mass is 9.88. The molecular weight excluding hydrogens is 204 g/mol. The molecule has 0 radical (unpaired) electrons. The second-order valence-corrected chi connectivity index (χ2v) is 6.10. The van der Waals surface area contributed by atoms with Gasteiger partial charge in [-0.1, -0.05) is 33.6 Å². The van der Waals surface area contributed by atoms with Crippen LogP contribution in [0.3, 0.4) is 0 Å². The molecule has 1 rings (SSSR count). The summed E-state index contributed by atoms with van der Waals surface area (Å²) in [5.74, 6) is 0. The maximum Gasteiger partial charge on any atom is 0.166 e. The molecule has 1 atom stereocenters. The molecular formula is C12H24N2S. The highest BCUT2D eigenvalue weighted by Gasteiger charge is 2.22. The number of rotatable bonds is 2. The summed E-state index contributed by atoms with van der Waals surface area (Å²) < 4.78 is 0. The zero-order chi connectivity index (χ0) is 11.5. The quantitative estimate of drug-likeness (QED) is 0.711.